The summed E-state index contributed by atoms with van der Waals surface area (Å²) < 4.78 is 44.3. The number of benzene rings is 3. The van der Waals surface area contributed by atoms with Crippen molar-refractivity contribution in [3.63, 3.8) is 0 Å². The molecule has 35 heavy (non-hydrogen) atoms. The lowest BCUT2D eigenvalue weighted by molar-refractivity contribution is -0.114. The third kappa shape index (κ3) is 6.40. The molecule has 0 spiro atoms. The van der Waals surface area contributed by atoms with Crippen LogP contribution in [0.5, 0.6) is 17.2 Å². The molecule has 186 valence electrons. The van der Waals surface area contributed by atoms with E-state index in [0.717, 1.165) is 9.20 Å². The summed E-state index contributed by atoms with van der Waals surface area (Å²) in [7, 11) is -1.05. The summed E-state index contributed by atoms with van der Waals surface area (Å²) in [5.41, 5.74) is 0.728. The zero-order valence-corrected chi connectivity index (χ0v) is 21.6. The Balaban J connectivity index is 1.94. The summed E-state index contributed by atoms with van der Waals surface area (Å²) in [6.45, 7) is 1.89. The van der Waals surface area contributed by atoms with Crippen molar-refractivity contribution in [3.8, 4) is 17.2 Å². The zero-order chi connectivity index (χ0) is 25.4. The van der Waals surface area contributed by atoms with Crippen LogP contribution in [0.2, 0.25) is 0 Å². The highest BCUT2D eigenvalue weighted by Gasteiger charge is 2.27. The van der Waals surface area contributed by atoms with E-state index in [-0.39, 0.29) is 4.90 Å². The van der Waals surface area contributed by atoms with Gasteiger partial charge in [0.05, 0.1) is 37.1 Å². The lowest BCUT2D eigenvalue weighted by Crippen LogP contribution is -2.38. The number of ether oxygens (including phenoxy) is 3. The Hall–Kier alpha value is -3.37. The maximum atomic E-state index is 13.6. The first-order valence-electron chi connectivity index (χ1n) is 10.7. The Morgan fingerprint density at radius 2 is 1.60 bits per heavy atom. The molecule has 0 atom stereocenters. The molecule has 0 heterocycles. The van der Waals surface area contributed by atoms with Crippen LogP contribution in [0.3, 0.4) is 0 Å². The number of sulfonamides is 1. The number of anilines is 2. The number of nitrogens with zero attached hydrogens (tertiary/aromatic N) is 1. The van der Waals surface area contributed by atoms with Crippen molar-refractivity contribution in [2.75, 3.05) is 43.2 Å². The fourth-order valence-corrected chi connectivity index (χ4v) is 5.12. The van der Waals surface area contributed by atoms with E-state index in [1.54, 1.807) is 54.6 Å². The minimum Gasteiger partial charge on any atom is -0.497 e. The van der Waals surface area contributed by atoms with Crippen LogP contribution >= 0.6 is 11.8 Å². The molecule has 0 radical (unpaired) electrons. The molecule has 0 unspecified atom stereocenters. The van der Waals surface area contributed by atoms with Crippen LogP contribution in [0.1, 0.15) is 6.92 Å². The Labute approximate surface area is 210 Å². The first-order chi connectivity index (χ1) is 16.8. The number of amides is 1. The van der Waals surface area contributed by atoms with Crippen LogP contribution in [-0.4, -0.2) is 48.0 Å². The molecule has 8 nitrogen and oxygen atoms in total. The number of nitrogens with one attached hydrogen (secondary N) is 1. The molecule has 0 aliphatic heterocycles. The highest BCUT2D eigenvalue weighted by Crippen LogP contribution is 2.30. The average Bonchev–Trinajstić information content (AvgIpc) is 2.88. The molecule has 0 saturated heterocycles. The largest absolute Gasteiger partial charge is 0.497 e. The Kier molecular flexibility index (Phi) is 8.89. The molecule has 0 fully saturated rings. The smallest absolute Gasteiger partial charge is 0.264 e. The second-order valence-corrected chi connectivity index (χ2v) is 9.97. The van der Waals surface area contributed by atoms with Crippen molar-refractivity contribution in [3.05, 3.63) is 66.7 Å². The zero-order valence-electron chi connectivity index (χ0n) is 20.0. The van der Waals surface area contributed by atoms with Crippen molar-refractivity contribution in [1.82, 2.24) is 0 Å². The second kappa shape index (κ2) is 11.9. The van der Waals surface area contributed by atoms with Crippen LogP contribution in [0.4, 0.5) is 11.4 Å². The van der Waals surface area contributed by atoms with E-state index >= 15 is 0 Å². The second-order valence-electron chi connectivity index (χ2n) is 7.23. The van der Waals surface area contributed by atoms with Gasteiger partial charge >= 0.3 is 0 Å². The molecule has 0 aliphatic carbocycles. The van der Waals surface area contributed by atoms with Crippen LogP contribution in [0.15, 0.2) is 76.5 Å². The van der Waals surface area contributed by atoms with Gasteiger partial charge in [-0.05, 0) is 73.8 Å². The van der Waals surface area contributed by atoms with Gasteiger partial charge < -0.3 is 19.5 Å². The summed E-state index contributed by atoms with van der Waals surface area (Å²) in [4.78, 5) is 14.0. The highest BCUT2D eigenvalue weighted by molar-refractivity contribution is 7.98. The third-order valence-electron chi connectivity index (χ3n) is 5.05. The van der Waals surface area contributed by atoms with Gasteiger partial charge in [0.1, 0.15) is 23.8 Å². The van der Waals surface area contributed by atoms with Crippen LogP contribution in [-0.2, 0) is 14.8 Å². The topological polar surface area (TPSA) is 94.2 Å². The minimum absolute atomic E-state index is 0.0824. The van der Waals surface area contributed by atoms with Gasteiger partial charge in [-0.15, -0.1) is 11.8 Å². The van der Waals surface area contributed by atoms with Gasteiger partial charge in [-0.25, -0.2) is 8.42 Å². The molecular formula is C25H28N2O6S2. The number of carbonyl (C=O) groups excluding carboxylic acids is 1. The van der Waals surface area contributed by atoms with Crippen molar-refractivity contribution >= 4 is 39.1 Å². The fourth-order valence-electron chi connectivity index (χ4n) is 3.29. The van der Waals surface area contributed by atoms with Gasteiger partial charge in [0, 0.05) is 11.0 Å². The van der Waals surface area contributed by atoms with E-state index in [0.29, 0.717) is 35.2 Å². The fraction of sp³-hybridized carbons (Fsp3) is 0.240. The molecule has 3 rings (SSSR count). The quantitative estimate of drug-likeness (QED) is 0.371. The van der Waals surface area contributed by atoms with Gasteiger partial charge in [-0.2, -0.15) is 0 Å². The van der Waals surface area contributed by atoms with Gasteiger partial charge in [0.15, 0.2) is 0 Å². The first-order valence-corrected chi connectivity index (χ1v) is 13.4. The highest BCUT2D eigenvalue weighted by atomic mass is 32.2. The monoisotopic (exact) mass is 516 g/mol. The molecule has 1 amide bonds. The van der Waals surface area contributed by atoms with Crippen molar-refractivity contribution in [1.29, 1.82) is 0 Å². The van der Waals surface area contributed by atoms with E-state index in [4.69, 9.17) is 14.2 Å². The van der Waals surface area contributed by atoms with Gasteiger partial charge in [0.25, 0.3) is 10.0 Å². The average molecular weight is 517 g/mol. The number of hydrogen-bond donors (Lipinski definition) is 1. The van der Waals surface area contributed by atoms with E-state index in [9.17, 15) is 13.2 Å². The predicted octanol–water partition coefficient (Wildman–Crippen LogP) is 4.66. The molecule has 0 aliphatic rings. The molecular weight excluding hydrogens is 488 g/mol. The minimum atomic E-state index is -4.05. The molecule has 1 N–H and O–H groups in total. The Morgan fingerprint density at radius 1 is 0.943 bits per heavy atom. The molecule has 3 aromatic carbocycles. The van der Waals surface area contributed by atoms with Crippen molar-refractivity contribution in [2.45, 2.75) is 16.7 Å². The van der Waals surface area contributed by atoms with Crippen LogP contribution in [0.25, 0.3) is 0 Å². The molecule has 3 aromatic rings. The molecule has 10 heteroatoms. The normalized spacial score (nSPS) is 11.0. The molecule has 0 saturated carbocycles. The first kappa shape index (κ1) is 26.2. The van der Waals surface area contributed by atoms with Gasteiger partial charge in [0.2, 0.25) is 5.91 Å². The standard InChI is InChI=1S/C25H28N2O6S2/c1-5-33-19-8-6-18(7-9-19)27(35(29,30)22-13-11-21(34-4)12-14-22)17-25(28)26-23-15-10-20(31-2)16-24(23)32-3/h6-16H,5,17H2,1-4H3,(H,26,28). The summed E-state index contributed by atoms with van der Waals surface area (Å²) in [6.07, 6.45) is 1.91. The summed E-state index contributed by atoms with van der Waals surface area (Å²) in [5, 5.41) is 2.73. The van der Waals surface area contributed by atoms with E-state index in [1.807, 2.05) is 13.2 Å². The summed E-state index contributed by atoms with van der Waals surface area (Å²) in [6, 6.07) is 18.0. The number of rotatable bonds is 11. The number of thioether (sulfide) groups is 1. The summed E-state index contributed by atoms with van der Waals surface area (Å²) in [5.74, 6) is 1.02. The maximum absolute atomic E-state index is 13.6. The lowest BCUT2D eigenvalue weighted by Gasteiger charge is -2.24. The van der Waals surface area contributed by atoms with Crippen molar-refractivity contribution in [2.24, 2.45) is 0 Å². The Morgan fingerprint density at radius 3 is 2.17 bits per heavy atom. The molecule has 0 aromatic heterocycles. The van der Waals surface area contributed by atoms with Crippen LogP contribution in [0, 0.1) is 0 Å². The SMILES string of the molecule is CCOc1ccc(N(CC(=O)Nc2ccc(OC)cc2OC)S(=O)(=O)c2ccc(SC)cc2)cc1. The van der Waals surface area contributed by atoms with E-state index in [1.165, 1.54) is 38.1 Å². The van der Waals surface area contributed by atoms with Gasteiger partial charge in [-0.1, -0.05) is 0 Å². The van der Waals surface area contributed by atoms with E-state index < -0.39 is 22.5 Å². The predicted molar refractivity (Wildman–Crippen MR) is 139 cm³/mol. The lowest BCUT2D eigenvalue weighted by atomic mass is 10.2. The summed E-state index contributed by atoms with van der Waals surface area (Å²) >= 11 is 1.51. The Bertz CT molecular complexity index is 1250. The maximum Gasteiger partial charge on any atom is 0.264 e. The van der Waals surface area contributed by atoms with Gasteiger partial charge in [-0.3, -0.25) is 9.10 Å². The third-order valence-corrected chi connectivity index (χ3v) is 7.58. The number of methoxy groups -OCH3 is 2. The van der Waals surface area contributed by atoms with Crippen LogP contribution < -0.4 is 23.8 Å². The van der Waals surface area contributed by atoms with E-state index in [2.05, 4.69) is 5.32 Å². The number of hydrogen-bond acceptors (Lipinski definition) is 7. The number of carbonyl (C=O) groups is 1. The van der Waals surface area contributed by atoms with Crippen molar-refractivity contribution < 1.29 is 27.4 Å². The molecule has 0 bridgehead atoms.